The van der Waals surface area contributed by atoms with E-state index >= 15 is 0 Å². The summed E-state index contributed by atoms with van der Waals surface area (Å²) < 4.78 is 28.5. The number of hydrogen-bond acceptors (Lipinski definition) is 7. The Balaban J connectivity index is 2.51. The average Bonchev–Trinajstić information content (AvgIpc) is 2.94. The molecule has 2 heterocycles. The van der Waals surface area contributed by atoms with Crippen LogP contribution in [0.2, 0.25) is 0 Å². The number of anilines is 1. The van der Waals surface area contributed by atoms with Crippen LogP contribution in [0, 0.1) is 11.3 Å². The lowest BCUT2D eigenvalue weighted by Gasteiger charge is -2.14. The second kappa shape index (κ2) is 6.10. The molecule has 2 aromatic rings. The van der Waals surface area contributed by atoms with Crippen LogP contribution in [0.1, 0.15) is 5.56 Å². The summed E-state index contributed by atoms with van der Waals surface area (Å²) in [4.78, 5) is 5.58. The van der Waals surface area contributed by atoms with Crippen molar-refractivity contribution in [2.45, 2.75) is 4.90 Å². The van der Waals surface area contributed by atoms with Crippen LogP contribution in [-0.4, -0.2) is 48.8 Å². The Morgan fingerprint density at radius 1 is 1.45 bits per heavy atom. The summed E-state index contributed by atoms with van der Waals surface area (Å²) in [5, 5.41) is 12.8. The van der Waals surface area contributed by atoms with E-state index in [1.807, 2.05) is 6.07 Å². The van der Waals surface area contributed by atoms with Crippen molar-refractivity contribution < 1.29 is 8.42 Å². The Labute approximate surface area is 128 Å². The summed E-state index contributed by atoms with van der Waals surface area (Å²) in [6.45, 7) is 0.124. The van der Waals surface area contributed by atoms with E-state index in [4.69, 9.17) is 11.0 Å². The van der Waals surface area contributed by atoms with Crippen LogP contribution in [0.4, 0.5) is 5.69 Å². The molecule has 0 aliphatic carbocycles. The van der Waals surface area contributed by atoms with E-state index in [0.29, 0.717) is 5.56 Å². The highest BCUT2D eigenvalue weighted by Gasteiger charge is 2.22. The molecule has 3 N–H and O–H groups in total. The molecule has 0 bridgehead atoms. The van der Waals surface area contributed by atoms with E-state index < -0.39 is 10.0 Å². The molecule has 0 spiro atoms. The summed E-state index contributed by atoms with van der Waals surface area (Å²) in [6, 6.07) is 3.22. The number of nitriles is 1. The summed E-state index contributed by atoms with van der Waals surface area (Å²) in [5.74, 6) is 0.0713. The second-order valence-electron chi connectivity index (χ2n) is 4.76. The molecular formula is C12H15N7O2S. The monoisotopic (exact) mass is 321 g/mol. The predicted octanol–water partition coefficient (Wildman–Crippen LogP) is -0.481. The molecule has 0 unspecified atom stereocenters. The Morgan fingerprint density at radius 2 is 2.18 bits per heavy atom. The van der Waals surface area contributed by atoms with Crippen LogP contribution < -0.4 is 10.5 Å². The fourth-order valence-electron chi connectivity index (χ4n) is 1.61. The Hall–Kier alpha value is -2.48. The number of sulfonamides is 1. The van der Waals surface area contributed by atoms with Crippen LogP contribution in [0.25, 0.3) is 5.82 Å². The quantitative estimate of drug-likeness (QED) is 0.711. The standard InChI is InChI=1S/C12H15N7O2S/c1-18(2)8-17-22(20,21)11-3-10(14)6-15-12(11)19-7-9(4-13)5-16-19/h3,5-7,17H,8,14H2,1-2H3. The summed E-state index contributed by atoms with van der Waals surface area (Å²) >= 11 is 0. The third-order valence-corrected chi connectivity index (χ3v) is 4.03. The van der Waals surface area contributed by atoms with Gasteiger partial charge in [0.15, 0.2) is 5.82 Å². The van der Waals surface area contributed by atoms with Gasteiger partial charge in [0, 0.05) is 0 Å². The molecule has 0 radical (unpaired) electrons. The maximum atomic E-state index is 12.4. The minimum absolute atomic E-state index is 0.0713. The second-order valence-corrected chi connectivity index (χ2v) is 6.50. The van der Waals surface area contributed by atoms with Crippen molar-refractivity contribution >= 4 is 15.7 Å². The normalized spacial score (nSPS) is 11.5. The van der Waals surface area contributed by atoms with Gasteiger partial charge in [-0.1, -0.05) is 0 Å². The minimum atomic E-state index is -3.83. The zero-order chi connectivity index (χ0) is 16.3. The molecule has 0 atom stereocenters. The van der Waals surface area contributed by atoms with Crippen LogP contribution in [0.15, 0.2) is 29.6 Å². The molecule has 2 aromatic heterocycles. The van der Waals surface area contributed by atoms with E-state index in [0.717, 1.165) is 0 Å². The van der Waals surface area contributed by atoms with Crippen LogP contribution in [0.5, 0.6) is 0 Å². The zero-order valence-electron chi connectivity index (χ0n) is 12.1. The van der Waals surface area contributed by atoms with Gasteiger partial charge in [-0.25, -0.2) is 18.1 Å². The number of nitrogens with zero attached hydrogens (tertiary/aromatic N) is 5. The average molecular weight is 321 g/mol. The van der Waals surface area contributed by atoms with Crippen molar-refractivity contribution in [3.63, 3.8) is 0 Å². The first-order valence-corrected chi connectivity index (χ1v) is 7.67. The van der Waals surface area contributed by atoms with Crippen molar-refractivity contribution in [2.24, 2.45) is 0 Å². The van der Waals surface area contributed by atoms with Crippen LogP contribution in [0.3, 0.4) is 0 Å². The van der Waals surface area contributed by atoms with Gasteiger partial charge in [0.25, 0.3) is 0 Å². The van der Waals surface area contributed by atoms with Gasteiger partial charge in [-0.05, 0) is 20.2 Å². The highest BCUT2D eigenvalue weighted by atomic mass is 32.2. The molecule has 116 valence electrons. The van der Waals surface area contributed by atoms with E-state index in [1.165, 1.54) is 29.3 Å². The first-order chi connectivity index (χ1) is 10.3. The molecule has 22 heavy (non-hydrogen) atoms. The van der Waals surface area contributed by atoms with Gasteiger partial charge >= 0.3 is 0 Å². The van der Waals surface area contributed by atoms with Crippen molar-refractivity contribution in [3.05, 3.63) is 30.2 Å². The van der Waals surface area contributed by atoms with Gasteiger partial charge in [-0.15, -0.1) is 0 Å². The first kappa shape index (κ1) is 15.9. The Kier molecular flexibility index (Phi) is 4.41. The lowest BCUT2D eigenvalue weighted by Crippen LogP contribution is -2.33. The van der Waals surface area contributed by atoms with Gasteiger partial charge in [0.1, 0.15) is 11.0 Å². The highest BCUT2D eigenvalue weighted by molar-refractivity contribution is 7.89. The summed E-state index contributed by atoms with van der Waals surface area (Å²) in [5.41, 5.74) is 6.15. The van der Waals surface area contributed by atoms with E-state index in [9.17, 15) is 8.42 Å². The van der Waals surface area contributed by atoms with E-state index in [2.05, 4.69) is 14.8 Å². The molecular weight excluding hydrogens is 306 g/mol. The molecule has 0 aliphatic rings. The molecule has 0 aliphatic heterocycles. The highest BCUT2D eigenvalue weighted by Crippen LogP contribution is 2.20. The predicted molar refractivity (Wildman–Crippen MR) is 79.4 cm³/mol. The van der Waals surface area contributed by atoms with Crippen molar-refractivity contribution in [2.75, 3.05) is 26.5 Å². The van der Waals surface area contributed by atoms with Crippen molar-refractivity contribution in [1.82, 2.24) is 24.4 Å². The summed E-state index contributed by atoms with van der Waals surface area (Å²) in [7, 11) is -0.372. The lowest BCUT2D eigenvalue weighted by molar-refractivity contribution is 0.399. The number of aromatic nitrogens is 3. The Morgan fingerprint density at radius 3 is 2.77 bits per heavy atom. The number of hydrogen-bond donors (Lipinski definition) is 2. The fourth-order valence-corrected chi connectivity index (χ4v) is 2.87. The van der Waals surface area contributed by atoms with Crippen molar-refractivity contribution in [3.8, 4) is 11.9 Å². The minimum Gasteiger partial charge on any atom is -0.397 e. The molecule has 0 fully saturated rings. The smallest absolute Gasteiger partial charge is 0.245 e. The summed E-state index contributed by atoms with van der Waals surface area (Å²) in [6.07, 6.45) is 4.04. The van der Waals surface area contributed by atoms with Crippen molar-refractivity contribution in [1.29, 1.82) is 5.26 Å². The van der Waals surface area contributed by atoms with Crippen LogP contribution in [-0.2, 0) is 10.0 Å². The largest absolute Gasteiger partial charge is 0.397 e. The van der Waals surface area contributed by atoms with Gasteiger partial charge in [-0.2, -0.15) is 15.1 Å². The van der Waals surface area contributed by atoms with E-state index in [1.54, 1.807) is 19.0 Å². The van der Waals surface area contributed by atoms with E-state index in [-0.39, 0.29) is 23.1 Å². The number of rotatable bonds is 5. The van der Waals surface area contributed by atoms with Crippen LogP contribution >= 0.6 is 0 Å². The third-order valence-electron chi connectivity index (χ3n) is 2.64. The molecule has 0 aromatic carbocycles. The third kappa shape index (κ3) is 3.40. The maximum absolute atomic E-state index is 12.4. The zero-order valence-corrected chi connectivity index (χ0v) is 12.9. The van der Waals surface area contributed by atoms with Gasteiger partial charge in [0.05, 0.1) is 36.5 Å². The fraction of sp³-hybridized carbons (Fsp3) is 0.250. The number of nitrogen functional groups attached to an aromatic ring is 1. The van der Waals surface area contributed by atoms with Gasteiger partial charge in [-0.3, -0.25) is 4.90 Å². The SMILES string of the molecule is CN(C)CNS(=O)(=O)c1cc(N)cnc1-n1cc(C#N)cn1. The lowest BCUT2D eigenvalue weighted by atomic mass is 10.4. The van der Waals surface area contributed by atoms with Gasteiger partial charge in [0.2, 0.25) is 10.0 Å². The molecule has 0 saturated carbocycles. The molecule has 0 saturated heterocycles. The molecule has 9 nitrogen and oxygen atoms in total. The maximum Gasteiger partial charge on any atom is 0.245 e. The number of nitrogens with one attached hydrogen (secondary N) is 1. The molecule has 0 amide bonds. The topological polar surface area (TPSA) is 130 Å². The number of pyridine rings is 1. The first-order valence-electron chi connectivity index (χ1n) is 6.18. The van der Waals surface area contributed by atoms with Gasteiger partial charge < -0.3 is 5.73 Å². The molecule has 2 rings (SSSR count). The molecule has 10 heteroatoms. The Bertz CT molecular complexity index is 820. The number of nitrogens with two attached hydrogens (primary N) is 1.